The van der Waals surface area contributed by atoms with Crippen molar-refractivity contribution in [1.82, 2.24) is 15.5 Å². The second kappa shape index (κ2) is 8.54. The fourth-order valence-electron chi connectivity index (χ4n) is 2.42. The molecular formula is C15H31N3O. The minimum atomic E-state index is 0.0297. The van der Waals surface area contributed by atoms with Gasteiger partial charge in [-0.15, -0.1) is 0 Å². The molecule has 2 atom stereocenters. The monoisotopic (exact) mass is 269 g/mol. The molecule has 1 aliphatic heterocycles. The maximum Gasteiger partial charge on any atom is 0.237 e. The van der Waals surface area contributed by atoms with Crippen LogP contribution in [0.25, 0.3) is 0 Å². The first kappa shape index (κ1) is 16.4. The molecule has 4 nitrogen and oxygen atoms in total. The first-order chi connectivity index (χ1) is 9.00. The molecule has 1 heterocycles. The predicted molar refractivity (Wildman–Crippen MR) is 80.2 cm³/mol. The lowest BCUT2D eigenvalue weighted by molar-refractivity contribution is -0.123. The number of nitrogens with zero attached hydrogens (tertiary/aromatic N) is 1. The highest BCUT2D eigenvalue weighted by molar-refractivity contribution is 5.81. The topological polar surface area (TPSA) is 44.4 Å². The SMILES string of the molecule is CC1CCCC(C(=O)NCCCCN(C)C(C)C)N1. The van der Waals surface area contributed by atoms with Gasteiger partial charge < -0.3 is 15.5 Å². The fraction of sp³-hybridized carbons (Fsp3) is 0.933. The van der Waals surface area contributed by atoms with Crippen LogP contribution >= 0.6 is 0 Å². The molecule has 1 aliphatic rings. The van der Waals surface area contributed by atoms with E-state index in [1.165, 1.54) is 6.42 Å². The Bertz CT molecular complexity index is 268. The number of carbonyl (C=O) groups excluding carboxylic acids is 1. The average molecular weight is 269 g/mol. The van der Waals surface area contributed by atoms with Gasteiger partial charge in [0.25, 0.3) is 0 Å². The Morgan fingerprint density at radius 2 is 2.11 bits per heavy atom. The number of hydrogen-bond acceptors (Lipinski definition) is 3. The molecule has 1 saturated heterocycles. The van der Waals surface area contributed by atoms with Crippen molar-refractivity contribution in [1.29, 1.82) is 0 Å². The molecule has 0 bridgehead atoms. The Morgan fingerprint density at radius 3 is 2.74 bits per heavy atom. The number of carbonyl (C=O) groups is 1. The van der Waals surface area contributed by atoms with Crippen molar-refractivity contribution in [3.05, 3.63) is 0 Å². The number of piperidine rings is 1. The molecule has 19 heavy (non-hydrogen) atoms. The van der Waals surface area contributed by atoms with E-state index in [9.17, 15) is 4.79 Å². The predicted octanol–water partition coefficient (Wildman–Crippen LogP) is 1.75. The normalized spacial score (nSPS) is 23.9. The maximum absolute atomic E-state index is 12.0. The summed E-state index contributed by atoms with van der Waals surface area (Å²) in [7, 11) is 2.15. The Labute approximate surface area is 118 Å². The van der Waals surface area contributed by atoms with Gasteiger partial charge in [0.2, 0.25) is 5.91 Å². The first-order valence-electron chi connectivity index (χ1n) is 7.74. The van der Waals surface area contributed by atoms with Crippen LogP contribution in [-0.4, -0.2) is 49.1 Å². The summed E-state index contributed by atoms with van der Waals surface area (Å²) in [4.78, 5) is 14.3. The third-order valence-electron chi connectivity index (χ3n) is 4.05. The van der Waals surface area contributed by atoms with Crippen LogP contribution in [0.5, 0.6) is 0 Å². The van der Waals surface area contributed by atoms with Crippen molar-refractivity contribution in [2.24, 2.45) is 0 Å². The summed E-state index contributed by atoms with van der Waals surface area (Å²) in [5.74, 6) is 0.184. The van der Waals surface area contributed by atoms with E-state index in [1.807, 2.05) is 0 Å². The largest absolute Gasteiger partial charge is 0.355 e. The number of unbranched alkanes of at least 4 members (excludes halogenated alkanes) is 1. The smallest absolute Gasteiger partial charge is 0.237 e. The van der Waals surface area contributed by atoms with Crippen LogP contribution in [0.1, 0.15) is 52.9 Å². The molecule has 0 aromatic rings. The average Bonchev–Trinajstić information content (AvgIpc) is 2.37. The van der Waals surface area contributed by atoms with Gasteiger partial charge in [-0.2, -0.15) is 0 Å². The van der Waals surface area contributed by atoms with Gasteiger partial charge in [0.1, 0.15) is 0 Å². The summed E-state index contributed by atoms with van der Waals surface area (Å²) in [6.45, 7) is 8.47. The summed E-state index contributed by atoms with van der Waals surface area (Å²) in [6, 6.07) is 1.11. The van der Waals surface area contributed by atoms with Gasteiger partial charge in [0, 0.05) is 18.6 Å². The third-order valence-corrected chi connectivity index (χ3v) is 4.05. The number of hydrogen-bond donors (Lipinski definition) is 2. The molecule has 112 valence electrons. The van der Waals surface area contributed by atoms with E-state index in [1.54, 1.807) is 0 Å². The zero-order chi connectivity index (χ0) is 14.3. The van der Waals surface area contributed by atoms with Crippen LogP contribution in [0.15, 0.2) is 0 Å². The lowest BCUT2D eigenvalue weighted by Gasteiger charge is -2.27. The van der Waals surface area contributed by atoms with E-state index in [4.69, 9.17) is 0 Å². The van der Waals surface area contributed by atoms with E-state index in [0.717, 1.165) is 38.8 Å². The van der Waals surface area contributed by atoms with Crippen molar-refractivity contribution in [3.8, 4) is 0 Å². The molecule has 0 spiro atoms. The van der Waals surface area contributed by atoms with Crippen LogP contribution in [0.3, 0.4) is 0 Å². The van der Waals surface area contributed by atoms with E-state index in [2.05, 4.69) is 43.4 Å². The quantitative estimate of drug-likeness (QED) is 0.692. The van der Waals surface area contributed by atoms with E-state index >= 15 is 0 Å². The van der Waals surface area contributed by atoms with Gasteiger partial charge in [-0.25, -0.2) is 0 Å². The summed E-state index contributed by atoms with van der Waals surface area (Å²) < 4.78 is 0. The number of amides is 1. The van der Waals surface area contributed by atoms with Gasteiger partial charge in [-0.1, -0.05) is 0 Å². The molecule has 0 aliphatic carbocycles. The molecule has 0 aromatic heterocycles. The van der Waals surface area contributed by atoms with E-state index in [0.29, 0.717) is 12.1 Å². The molecule has 0 radical (unpaired) electrons. The zero-order valence-corrected chi connectivity index (χ0v) is 13.0. The highest BCUT2D eigenvalue weighted by Gasteiger charge is 2.23. The highest BCUT2D eigenvalue weighted by atomic mass is 16.2. The molecule has 1 fully saturated rings. The molecule has 2 unspecified atom stereocenters. The molecule has 1 amide bonds. The summed E-state index contributed by atoms with van der Waals surface area (Å²) >= 11 is 0. The highest BCUT2D eigenvalue weighted by Crippen LogP contribution is 2.12. The van der Waals surface area contributed by atoms with Crippen LogP contribution in [-0.2, 0) is 4.79 Å². The van der Waals surface area contributed by atoms with E-state index < -0.39 is 0 Å². The second-order valence-electron chi connectivity index (χ2n) is 6.12. The van der Waals surface area contributed by atoms with Crippen LogP contribution in [0.2, 0.25) is 0 Å². The van der Waals surface area contributed by atoms with E-state index in [-0.39, 0.29) is 11.9 Å². The second-order valence-corrected chi connectivity index (χ2v) is 6.12. The Morgan fingerprint density at radius 1 is 1.37 bits per heavy atom. The Balaban J connectivity index is 2.07. The van der Waals surface area contributed by atoms with Crippen molar-refractivity contribution < 1.29 is 4.79 Å². The van der Waals surface area contributed by atoms with Crippen LogP contribution in [0, 0.1) is 0 Å². The zero-order valence-electron chi connectivity index (χ0n) is 13.0. The molecule has 1 rings (SSSR count). The van der Waals surface area contributed by atoms with Gasteiger partial charge >= 0.3 is 0 Å². The maximum atomic E-state index is 12.0. The number of rotatable bonds is 7. The molecular weight excluding hydrogens is 238 g/mol. The summed E-state index contributed by atoms with van der Waals surface area (Å²) in [6.07, 6.45) is 5.53. The lowest BCUT2D eigenvalue weighted by atomic mass is 9.99. The molecule has 2 N–H and O–H groups in total. The van der Waals surface area contributed by atoms with Gasteiger partial charge in [-0.05, 0) is 66.5 Å². The van der Waals surface area contributed by atoms with Crippen molar-refractivity contribution in [2.45, 2.75) is 71.0 Å². The fourth-order valence-corrected chi connectivity index (χ4v) is 2.42. The van der Waals surface area contributed by atoms with Crippen LogP contribution < -0.4 is 10.6 Å². The van der Waals surface area contributed by atoms with Crippen molar-refractivity contribution >= 4 is 5.91 Å². The number of nitrogens with one attached hydrogen (secondary N) is 2. The molecule has 4 heteroatoms. The van der Waals surface area contributed by atoms with Crippen molar-refractivity contribution in [3.63, 3.8) is 0 Å². The van der Waals surface area contributed by atoms with Gasteiger partial charge in [0.05, 0.1) is 6.04 Å². The summed E-state index contributed by atoms with van der Waals surface area (Å²) in [5, 5.41) is 6.43. The molecule has 0 aromatic carbocycles. The minimum Gasteiger partial charge on any atom is -0.355 e. The van der Waals surface area contributed by atoms with Gasteiger partial charge in [0.15, 0.2) is 0 Å². The lowest BCUT2D eigenvalue weighted by Crippen LogP contribution is -2.50. The molecule has 0 saturated carbocycles. The van der Waals surface area contributed by atoms with Gasteiger partial charge in [-0.3, -0.25) is 4.79 Å². The third kappa shape index (κ3) is 6.39. The minimum absolute atomic E-state index is 0.0297. The van der Waals surface area contributed by atoms with Crippen LogP contribution in [0.4, 0.5) is 0 Å². The van der Waals surface area contributed by atoms with Crippen molar-refractivity contribution in [2.75, 3.05) is 20.1 Å². The Kier molecular flexibility index (Phi) is 7.39. The first-order valence-corrected chi connectivity index (χ1v) is 7.74. The standard InChI is InChI=1S/C15H31N3O/c1-12(2)18(4)11-6-5-10-16-15(19)14-9-7-8-13(3)17-14/h12-14,17H,5-11H2,1-4H3,(H,16,19). The Hall–Kier alpha value is -0.610. The summed E-state index contributed by atoms with van der Waals surface area (Å²) in [5.41, 5.74) is 0.